The van der Waals surface area contributed by atoms with Crippen LogP contribution in [-0.4, -0.2) is 34.9 Å². The lowest BCUT2D eigenvalue weighted by atomic mass is 9.77. The maximum absolute atomic E-state index is 6.99. The van der Waals surface area contributed by atoms with Crippen LogP contribution in [0.5, 0.6) is 0 Å². The van der Waals surface area contributed by atoms with Crippen LogP contribution in [0.2, 0.25) is 0 Å². The van der Waals surface area contributed by atoms with Gasteiger partial charge in [0.05, 0.1) is 12.2 Å². The smallest absolute Gasteiger partial charge is 0.0793 e. The van der Waals surface area contributed by atoms with Gasteiger partial charge in [-0.3, -0.25) is 9.68 Å². The standard InChI is InChI=1S/C34H66N2O2/c1-24(2)32(30-16-12-10-13-17-30)35-37-26(5)28-20-22-29(23-21-28)27(6)38-36(34(7,8)9)33(25(3)4)31-18-14-11-15-19-31/h24-33,35H,10-23H2,1-9H3. The fraction of sp³-hybridized carbons (Fsp3) is 1.00. The molecule has 224 valence electrons. The predicted octanol–water partition coefficient (Wildman–Crippen LogP) is 9.33. The normalized spacial score (nSPS) is 28.1. The SMILES string of the molecule is CC(C)C(NOC(C)C1CCC(C(C)ON(C(C(C)C)C2CCCCC2)C(C)(C)C)CC1)C1CCCCC1. The van der Waals surface area contributed by atoms with Gasteiger partial charge in [-0.05, 0) is 121 Å². The molecule has 4 heteroatoms. The number of hydrogen-bond acceptors (Lipinski definition) is 4. The Labute approximate surface area is 237 Å². The van der Waals surface area contributed by atoms with Crippen LogP contribution >= 0.6 is 0 Å². The van der Waals surface area contributed by atoms with Gasteiger partial charge >= 0.3 is 0 Å². The van der Waals surface area contributed by atoms with Crippen LogP contribution in [0.3, 0.4) is 0 Å². The molecule has 0 radical (unpaired) electrons. The molecular formula is C34H66N2O2. The van der Waals surface area contributed by atoms with E-state index in [-0.39, 0.29) is 17.7 Å². The predicted molar refractivity (Wildman–Crippen MR) is 162 cm³/mol. The second-order valence-corrected chi connectivity index (χ2v) is 15.2. The lowest BCUT2D eigenvalue weighted by Gasteiger charge is -2.48. The van der Waals surface area contributed by atoms with Gasteiger partial charge in [-0.25, -0.2) is 0 Å². The lowest BCUT2D eigenvalue weighted by Crippen LogP contribution is -2.55. The molecule has 4 unspecified atom stereocenters. The highest BCUT2D eigenvalue weighted by Crippen LogP contribution is 2.39. The molecule has 1 N–H and O–H groups in total. The Bertz CT molecular complexity index is 639. The van der Waals surface area contributed by atoms with Crippen LogP contribution in [-0.2, 0) is 9.68 Å². The number of nitrogens with zero attached hydrogens (tertiary/aromatic N) is 1. The molecule has 0 aliphatic heterocycles. The first-order chi connectivity index (χ1) is 18.0. The van der Waals surface area contributed by atoms with Crippen LogP contribution in [0.1, 0.15) is 152 Å². The minimum Gasteiger partial charge on any atom is -0.298 e. The van der Waals surface area contributed by atoms with Crippen molar-refractivity contribution in [3.05, 3.63) is 0 Å². The van der Waals surface area contributed by atoms with Gasteiger partial charge in [0.25, 0.3) is 0 Å². The maximum atomic E-state index is 6.99. The molecule has 0 heterocycles. The largest absolute Gasteiger partial charge is 0.298 e. The zero-order valence-corrected chi connectivity index (χ0v) is 26.9. The van der Waals surface area contributed by atoms with Gasteiger partial charge in [-0.2, -0.15) is 10.5 Å². The first-order valence-electron chi connectivity index (χ1n) is 16.9. The highest BCUT2D eigenvalue weighted by atomic mass is 16.7. The van der Waals surface area contributed by atoms with Gasteiger partial charge in [0.1, 0.15) is 0 Å². The van der Waals surface area contributed by atoms with E-state index >= 15 is 0 Å². The van der Waals surface area contributed by atoms with Crippen LogP contribution < -0.4 is 5.48 Å². The number of hydroxylamine groups is 3. The quantitative estimate of drug-likeness (QED) is 0.253. The Hall–Kier alpha value is -0.160. The average Bonchev–Trinajstić information content (AvgIpc) is 2.88. The first kappa shape index (κ1) is 32.4. The van der Waals surface area contributed by atoms with E-state index in [1.807, 2.05) is 0 Å². The first-order valence-corrected chi connectivity index (χ1v) is 16.9. The van der Waals surface area contributed by atoms with Crippen molar-refractivity contribution in [1.82, 2.24) is 10.5 Å². The van der Waals surface area contributed by atoms with Crippen molar-refractivity contribution in [2.45, 2.75) is 182 Å². The van der Waals surface area contributed by atoms with E-state index in [9.17, 15) is 0 Å². The second kappa shape index (κ2) is 15.2. The van der Waals surface area contributed by atoms with E-state index in [1.54, 1.807) is 0 Å². The molecule has 0 aromatic rings. The number of rotatable bonds is 12. The molecule has 0 amide bonds. The minimum absolute atomic E-state index is 0.0111. The van der Waals surface area contributed by atoms with E-state index in [1.165, 1.54) is 89.9 Å². The highest BCUT2D eigenvalue weighted by Gasteiger charge is 2.40. The molecule has 0 bridgehead atoms. The summed E-state index contributed by atoms with van der Waals surface area (Å²) >= 11 is 0. The highest BCUT2D eigenvalue weighted by molar-refractivity contribution is 4.88. The summed E-state index contributed by atoms with van der Waals surface area (Å²) in [6.45, 7) is 21.2. The van der Waals surface area contributed by atoms with Gasteiger partial charge in [0, 0.05) is 17.6 Å². The summed E-state index contributed by atoms with van der Waals surface area (Å²) in [6.07, 6.45) is 19.4. The Morgan fingerprint density at radius 3 is 1.50 bits per heavy atom. The lowest BCUT2D eigenvalue weighted by molar-refractivity contribution is -0.288. The molecule has 3 aliphatic carbocycles. The third-order valence-electron chi connectivity index (χ3n) is 10.4. The summed E-state index contributed by atoms with van der Waals surface area (Å²) in [5.41, 5.74) is 3.60. The molecule has 3 fully saturated rings. The van der Waals surface area contributed by atoms with Crippen molar-refractivity contribution in [2.75, 3.05) is 0 Å². The van der Waals surface area contributed by atoms with Crippen LogP contribution in [0.4, 0.5) is 0 Å². The molecule has 3 saturated carbocycles. The van der Waals surface area contributed by atoms with E-state index < -0.39 is 0 Å². The van der Waals surface area contributed by atoms with Crippen LogP contribution in [0.15, 0.2) is 0 Å². The molecule has 3 rings (SSSR count). The van der Waals surface area contributed by atoms with Crippen molar-refractivity contribution in [2.24, 2.45) is 35.5 Å². The third kappa shape index (κ3) is 9.18. The molecule has 0 aromatic heterocycles. The number of nitrogens with one attached hydrogen (secondary N) is 1. The topological polar surface area (TPSA) is 33.7 Å². The average molecular weight is 535 g/mol. The zero-order chi connectivity index (χ0) is 27.9. The van der Waals surface area contributed by atoms with Gasteiger partial charge in [-0.1, -0.05) is 66.2 Å². The van der Waals surface area contributed by atoms with E-state index in [4.69, 9.17) is 9.68 Å². The molecule has 3 aliphatic rings. The van der Waals surface area contributed by atoms with E-state index in [0.29, 0.717) is 35.8 Å². The molecule has 4 atom stereocenters. The van der Waals surface area contributed by atoms with Gasteiger partial charge < -0.3 is 0 Å². The van der Waals surface area contributed by atoms with Gasteiger partial charge in [0.15, 0.2) is 0 Å². The summed E-state index contributed by atoms with van der Waals surface area (Å²) in [4.78, 5) is 13.4. The van der Waals surface area contributed by atoms with Crippen LogP contribution in [0, 0.1) is 35.5 Å². The van der Waals surface area contributed by atoms with Gasteiger partial charge in [-0.15, -0.1) is 0 Å². The van der Waals surface area contributed by atoms with E-state index in [2.05, 4.69) is 72.9 Å². The maximum Gasteiger partial charge on any atom is 0.0793 e. The van der Waals surface area contributed by atoms with Gasteiger partial charge in [0.2, 0.25) is 0 Å². The fourth-order valence-corrected chi connectivity index (χ4v) is 8.06. The molecule has 38 heavy (non-hydrogen) atoms. The van der Waals surface area contributed by atoms with Crippen molar-refractivity contribution in [1.29, 1.82) is 0 Å². The zero-order valence-electron chi connectivity index (χ0n) is 26.9. The fourth-order valence-electron chi connectivity index (χ4n) is 8.06. The molecular weight excluding hydrogens is 468 g/mol. The number of hydrogen-bond donors (Lipinski definition) is 1. The van der Waals surface area contributed by atoms with Crippen molar-refractivity contribution in [3.8, 4) is 0 Å². The summed E-state index contributed by atoms with van der Waals surface area (Å²) in [5.74, 6) is 4.05. The summed E-state index contributed by atoms with van der Waals surface area (Å²) in [6, 6.07) is 0.996. The Kier molecular flexibility index (Phi) is 12.9. The van der Waals surface area contributed by atoms with Crippen molar-refractivity contribution < 1.29 is 9.68 Å². The summed E-state index contributed by atoms with van der Waals surface area (Å²) < 4.78 is 0. The summed E-state index contributed by atoms with van der Waals surface area (Å²) in [5, 5.41) is 2.46. The van der Waals surface area contributed by atoms with Crippen LogP contribution in [0.25, 0.3) is 0 Å². The Morgan fingerprint density at radius 2 is 1.05 bits per heavy atom. The Morgan fingerprint density at radius 1 is 0.579 bits per heavy atom. The second-order valence-electron chi connectivity index (χ2n) is 15.2. The molecule has 0 spiro atoms. The third-order valence-corrected chi connectivity index (χ3v) is 10.4. The molecule has 0 saturated heterocycles. The molecule has 0 aromatic carbocycles. The van der Waals surface area contributed by atoms with Crippen molar-refractivity contribution >= 4 is 0 Å². The van der Waals surface area contributed by atoms with Crippen molar-refractivity contribution in [3.63, 3.8) is 0 Å². The van der Waals surface area contributed by atoms with E-state index in [0.717, 1.165) is 11.8 Å². The molecule has 4 nitrogen and oxygen atoms in total. The monoisotopic (exact) mass is 535 g/mol. The Balaban J connectivity index is 1.52. The minimum atomic E-state index is 0.0111. The summed E-state index contributed by atoms with van der Waals surface area (Å²) in [7, 11) is 0.